The van der Waals surface area contributed by atoms with Crippen molar-refractivity contribution in [1.82, 2.24) is 0 Å². The van der Waals surface area contributed by atoms with E-state index >= 15 is 0 Å². The van der Waals surface area contributed by atoms with Gasteiger partial charge in [-0.3, -0.25) is 9.59 Å². The molecular weight excluding hydrogens is 336 g/mol. The van der Waals surface area contributed by atoms with Gasteiger partial charge in [-0.15, -0.1) is 0 Å². The van der Waals surface area contributed by atoms with E-state index in [-0.39, 0.29) is 29.3 Å². The molecule has 4 rings (SSSR count). The molecule has 0 spiro atoms. The Bertz CT molecular complexity index is 452. The molecule has 4 aliphatic rings. The third-order valence-corrected chi connectivity index (χ3v) is 6.07. The van der Waals surface area contributed by atoms with Gasteiger partial charge in [0.1, 0.15) is 4.32 Å². The highest BCUT2D eigenvalue weighted by atomic mass is 79.9. The molecule has 4 aliphatic carbocycles. The minimum absolute atomic E-state index is 0.0306. The third-order valence-electron chi connectivity index (χ3n) is 3.98. The Kier molecular flexibility index (Phi) is 2.31. The number of carbonyl (C=O) groups is 2. The van der Waals surface area contributed by atoms with Crippen LogP contribution >= 0.6 is 31.9 Å². The number of hydrogen-bond donors (Lipinski definition) is 0. The molecule has 0 aliphatic heterocycles. The number of hydrogen-bond acceptors (Lipinski definition) is 2. The molecule has 84 valence electrons. The quantitative estimate of drug-likeness (QED) is 0.499. The van der Waals surface area contributed by atoms with Crippen LogP contribution < -0.4 is 0 Å². The zero-order valence-electron chi connectivity index (χ0n) is 8.45. The predicted octanol–water partition coefficient (Wildman–Crippen LogP) is 2.76. The molecule has 2 bridgehead atoms. The lowest BCUT2D eigenvalue weighted by Gasteiger charge is -2.50. The number of alkyl halides is 1. The lowest BCUT2D eigenvalue weighted by molar-refractivity contribution is -0.131. The fourth-order valence-electron chi connectivity index (χ4n) is 3.18. The van der Waals surface area contributed by atoms with Crippen LogP contribution in [0.2, 0.25) is 0 Å². The van der Waals surface area contributed by atoms with Crippen molar-refractivity contribution in [3.63, 3.8) is 0 Å². The predicted molar refractivity (Wildman–Crippen MR) is 67.5 cm³/mol. The molecule has 1 saturated carbocycles. The van der Waals surface area contributed by atoms with Crippen LogP contribution in [-0.4, -0.2) is 15.9 Å². The second-order valence-electron chi connectivity index (χ2n) is 4.70. The van der Waals surface area contributed by atoms with E-state index in [0.29, 0.717) is 4.48 Å². The van der Waals surface area contributed by atoms with E-state index in [0.717, 1.165) is 12.8 Å². The Balaban J connectivity index is 2.19. The second-order valence-corrected chi connectivity index (χ2v) is 6.87. The molecule has 0 unspecified atom stereocenters. The lowest BCUT2D eigenvalue weighted by atomic mass is 9.58. The highest BCUT2D eigenvalue weighted by molar-refractivity contribution is 9.12. The summed E-state index contributed by atoms with van der Waals surface area (Å²) >= 11 is 6.77. The highest BCUT2D eigenvalue weighted by Crippen LogP contribution is 2.55. The maximum absolute atomic E-state index is 12.2. The van der Waals surface area contributed by atoms with Crippen LogP contribution in [0.3, 0.4) is 0 Å². The molecule has 2 nitrogen and oxygen atoms in total. The lowest BCUT2D eigenvalue weighted by Crippen LogP contribution is -2.58. The first kappa shape index (κ1) is 10.9. The summed E-state index contributed by atoms with van der Waals surface area (Å²) in [5.74, 6) is 0.250. The monoisotopic (exact) mass is 344 g/mol. The maximum Gasteiger partial charge on any atom is 0.175 e. The summed E-state index contributed by atoms with van der Waals surface area (Å²) in [7, 11) is 0. The zero-order chi connectivity index (χ0) is 11.5. The first-order valence-corrected chi connectivity index (χ1v) is 6.97. The molecule has 0 aromatic heterocycles. The van der Waals surface area contributed by atoms with Crippen LogP contribution in [0.1, 0.15) is 12.8 Å². The van der Waals surface area contributed by atoms with Crippen molar-refractivity contribution in [2.75, 3.05) is 0 Å². The second kappa shape index (κ2) is 3.39. The van der Waals surface area contributed by atoms with Crippen molar-refractivity contribution >= 4 is 43.4 Å². The molecule has 0 N–H and O–H groups in total. The molecule has 0 amide bonds. The summed E-state index contributed by atoms with van der Waals surface area (Å²) in [4.78, 5) is 24.3. The van der Waals surface area contributed by atoms with Crippen molar-refractivity contribution in [3.05, 3.63) is 22.7 Å². The summed E-state index contributed by atoms with van der Waals surface area (Å²) in [6.07, 6.45) is 7.64. The van der Waals surface area contributed by atoms with E-state index in [1.165, 1.54) is 6.08 Å². The SMILES string of the molecule is O=C1C(Br)=CC(=O)[C@]2(Br)[C@@H]3C=C[C@@H](CC3)[C@@H]12. The van der Waals surface area contributed by atoms with Gasteiger partial charge in [-0.2, -0.15) is 0 Å². The summed E-state index contributed by atoms with van der Waals surface area (Å²) < 4.78 is -0.238. The van der Waals surface area contributed by atoms with E-state index in [4.69, 9.17) is 0 Å². The third kappa shape index (κ3) is 1.17. The zero-order valence-corrected chi connectivity index (χ0v) is 11.6. The molecule has 4 atom stereocenters. The van der Waals surface area contributed by atoms with Gasteiger partial charge in [-0.05, 0) is 34.7 Å². The van der Waals surface area contributed by atoms with Crippen molar-refractivity contribution < 1.29 is 9.59 Å². The first-order chi connectivity index (χ1) is 7.55. The van der Waals surface area contributed by atoms with Crippen LogP contribution in [0.5, 0.6) is 0 Å². The average molecular weight is 346 g/mol. The van der Waals surface area contributed by atoms with Gasteiger partial charge in [0.05, 0.1) is 10.4 Å². The van der Waals surface area contributed by atoms with Gasteiger partial charge in [-0.1, -0.05) is 28.1 Å². The molecule has 0 saturated heterocycles. The van der Waals surface area contributed by atoms with Gasteiger partial charge in [0.15, 0.2) is 11.6 Å². The van der Waals surface area contributed by atoms with Gasteiger partial charge in [0, 0.05) is 12.0 Å². The number of Topliss-reactive ketones (excluding diaryl/α,β-unsaturated/α-hetero) is 1. The topological polar surface area (TPSA) is 34.1 Å². The number of allylic oxidation sites excluding steroid dienone is 4. The Morgan fingerprint density at radius 3 is 2.62 bits per heavy atom. The van der Waals surface area contributed by atoms with Crippen LogP contribution in [0.25, 0.3) is 0 Å². The van der Waals surface area contributed by atoms with Crippen LogP contribution in [0.15, 0.2) is 22.7 Å². The number of carbonyl (C=O) groups excluding carboxylic acids is 2. The molecule has 1 fully saturated rings. The van der Waals surface area contributed by atoms with Gasteiger partial charge in [0.25, 0.3) is 0 Å². The molecular formula is C12H10Br2O2. The number of rotatable bonds is 0. The van der Waals surface area contributed by atoms with E-state index in [9.17, 15) is 9.59 Å². The Hall–Kier alpha value is -0.220. The molecule has 0 aromatic rings. The average Bonchev–Trinajstić information content (AvgIpc) is 2.28. The van der Waals surface area contributed by atoms with E-state index in [1.807, 2.05) is 0 Å². The van der Waals surface area contributed by atoms with Crippen LogP contribution in [0.4, 0.5) is 0 Å². The maximum atomic E-state index is 12.2. The summed E-state index contributed by atoms with van der Waals surface area (Å²) in [5.41, 5.74) is 0. The number of halogens is 2. The molecule has 16 heavy (non-hydrogen) atoms. The summed E-state index contributed by atoms with van der Waals surface area (Å²) in [5, 5.41) is 0. The fraction of sp³-hybridized carbons (Fsp3) is 0.500. The molecule has 0 aromatic carbocycles. The highest BCUT2D eigenvalue weighted by Gasteiger charge is 2.59. The first-order valence-electron chi connectivity index (χ1n) is 5.38. The smallest absolute Gasteiger partial charge is 0.175 e. The Morgan fingerprint density at radius 1 is 1.25 bits per heavy atom. The minimum Gasteiger partial charge on any atom is -0.293 e. The minimum atomic E-state index is -0.668. The molecule has 4 heteroatoms. The van der Waals surface area contributed by atoms with Crippen molar-refractivity contribution in [3.8, 4) is 0 Å². The van der Waals surface area contributed by atoms with Gasteiger partial charge >= 0.3 is 0 Å². The number of ketones is 2. The standard InChI is InChI=1S/C12H10Br2O2/c13-8-5-9(15)12(14)7-3-1-6(2-4-7)10(12)11(8)16/h1,3,5-7,10H,2,4H2/t6-,7+,10-,12+/m0/s1. The van der Waals surface area contributed by atoms with E-state index in [1.54, 1.807) is 0 Å². The normalized spacial score (nSPS) is 45.6. The molecule has 0 radical (unpaired) electrons. The molecule has 0 heterocycles. The largest absolute Gasteiger partial charge is 0.293 e. The van der Waals surface area contributed by atoms with Crippen LogP contribution in [0, 0.1) is 17.8 Å². The van der Waals surface area contributed by atoms with Gasteiger partial charge in [-0.25, -0.2) is 0 Å². The Labute approximate surface area is 110 Å². The van der Waals surface area contributed by atoms with Crippen molar-refractivity contribution in [1.29, 1.82) is 0 Å². The van der Waals surface area contributed by atoms with E-state index in [2.05, 4.69) is 44.0 Å². The van der Waals surface area contributed by atoms with Gasteiger partial charge in [0.2, 0.25) is 0 Å². The summed E-state index contributed by atoms with van der Waals surface area (Å²) in [6.45, 7) is 0. The van der Waals surface area contributed by atoms with Gasteiger partial charge < -0.3 is 0 Å². The van der Waals surface area contributed by atoms with Crippen LogP contribution in [-0.2, 0) is 9.59 Å². The van der Waals surface area contributed by atoms with Crippen molar-refractivity contribution in [2.24, 2.45) is 17.8 Å². The summed E-state index contributed by atoms with van der Waals surface area (Å²) in [6, 6.07) is 0. The Morgan fingerprint density at radius 2 is 2.00 bits per heavy atom. The fourth-order valence-corrected chi connectivity index (χ4v) is 4.68. The van der Waals surface area contributed by atoms with Crippen molar-refractivity contribution in [2.45, 2.75) is 17.2 Å². The number of fused-ring (bicyclic) bond motifs is 1. The van der Waals surface area contributed by atoms with E-state index < -0.39 is 4.32 Å².